The van der Waals surface area contributed by atoms with Gasteiger partial charge in [-0.1, -0.05) is 32.5 Å². The van der Waals surface area contributed by atoms with Gasteiger partial charge in [-0.25, -0.2) is 9.37 Å². The number of hydrogen-bond donors (Lipinski definition) is 1. The van der Waals surface area contributed by atoms with E-state index in [1.807, 2.05) is 41.5 Å². The summed E-state index contributed by atoms with van der Waals surface area (Å²) in [5.74, 6) is -0.432. The predicted molar refractivity (Wildman–Crippen MR) is 127 cm³/mol. The van der Waals surface area contributed by atoms with E-state index in [2.05, 4.69) is 5.32 Å². The van der Waals surface area contributed by atoms with Crippen molar-refractivity contribution >= 4 is 39.2 Å². The van der Waals surface area contributed by atoms with Gasteiger partial charge in [0.2, 0.25) is 5.91 Å². The molecule has 5 nitrogen and oxygen atoms in total. The standard InChI is InChI=1S/C23H28FN3O2S2/c1-7-13(4)25-20(28)19(12(2)3)31-23-26-21-18(14(5)15(6)30-21)22(29)27(23)17-10-8-16(24)9-11-17/h8-13,19H,7H2,1-6H3,(H,25,28). The first-order valence-corrected chi connectivity index (χ1v) is 12.1. The Hall–Kier alpha value is -2.19. The molecule has 2 heterocycles. The lowest BCUT2D eigenvalue weighted by molar-refractivity contribution is -0.121. The second-order valence-electron chi connectivity index (χ2n) is 8.08. The molecule has 2 atom stereocenters. The second kappa shape index (κ2) is 9.53. The smallest absolute Gasteiger partial charge is 0.267 e. The SMILES string of the molecule is CCC(C)NC(=O)C(Sc1nc2sc(C)c(C)c2c(=O)n1-c1ccc(F)cc1)C(C)C. The number of hydrogen-bond acceptors (Lipinski definition) is 5. The number of benzene rings is 1. The number of rotatable bonds is 7. The largest absolute Gasteiger partial charge is 0.353 e. The number of nitrogens with one attached hydrogen (secondary N) is 1. The van der Waals surface area contributed by atoms with Crippen LogP contribution in [0.5, 0.6) is 0 Å². The Kier molecular flexibility index (Phi) is 7.21. The van der Waals surface area contributed by atoms with E-state index < -0.39 is 5.25 Å². The zero-order valence-corrected chi connectivity index (χ0v) is 20.3. The third kappa shape index (κ3) is 4.85. The van der Waals surface area contributed by atoms with Crippen LogP contribution in [0.15, 0.2) is 34.2 Å². The molecule has 2 unspecified atom stereocenters. The third-order valence-corrected chi connectivity index (χ3v) is 7.95. The average Bonchev–Trinajstić information content (AvgIpc) is 3.00. The first kappa shape index (κ1) is 23.5. The van der Waals surface area contributed by atoms with Crippen LogP contribution in [0.4, 0.5) is 4.39 Å². The Balaban J connectivity index is 2.17. The molecule has 3 aromatic rings. The highest BCUT2D eigenvalue weighted by Crippen LogP contribution is 2.33. The lowest BCUT2D eigenvalue weighted by Crippen LogP contribution is -2.41. The lowest BCUT2D eigenvalue weighted by Gasteiger charge is -2.23. The van der Waals surface area contributed by atoms with Crippen molar-refractivity contribution in [2.24, 2.45) is 5.92 Å². The van der Waals surface area contributed by atoms with E-state index in [0.717, 1.165) is 16.9 Å². The molecule has 0 aliphatic carbocycles. The number of carbonyl (C=O) groups excluding carboxylic acids is 1. The topological polar surface area (TPSA) is 64.0 Å². The first-order valence-electron chi connectivity index (χ1n) is 10.4. The van der Waals surface area contributed by atoms with Crippen molar-refractivity contribution in [2.75, 3.05) is 0 Å². The molecular formula is C23H28FN3O2S2. The molecule has 166 valence electrons. The number of thiophene rings is 1. The van der Waals surface area contributed by atoms with E-state index >= 15 is 0 Å². The minimum Gasteiger partial charge on any atom is -0.353 e. The van der Waals surface area contributed by atoms with Crippen LogP contribution in [0.2, 0.25) is 0 Å². The van der Waals surface area contributed by atoms with Gasteiger partial charge in [0.15, 0.2) is 5.16 Å². The van der Waals surface area contributed by atoms with Crippen LogP contribution >= 0.6 is 23.1 Å². The number of amides is 1. The first-order chi connectivity index (χ1) is 14.6. The van der Waals surface area contributed by atoms with Gasteiger partial charge in [0.05, 0.1) is 16.3 Å². The Morgan fingerprint density at radius 2 is 1.87 bits per heavy atom. The fourth-order valence-electron chi connectivity index (χ4n) is 3.21. The van der Waals surface area contributed by atoms with Gasteiger partial charge < -0.3 is 5.32 Å². The molecule has 0 aliphatic rings. The number of aryl methyl sites for hydroxylation is 2. The molecule has 31 heavy (non-hydrogen) atoms. The number of fused-ring (bicyclic) bond motifs is 1. The summed E-state index contributed by atoms with van der Waals surface area (Å²) >= 11 is 2.75. The van der Waals surface area contributed by atoms with Gasteiger partial charge in [0.25, 0.3) is 5.56 Å². The lowest BCUT2D eigenvalue weighted by atomic mass is 10.1. The number of carbonyl (C=O) groups is 1. The summed E-state index contributed by atoms with van der Waals surface area (Å²) in [6.45, 7) is 11.8. The minimum atomic E-state index is -0.424. The molecule has 0 spiro atoms. The normalized spacial score (nSPS) is 13.5. The summed E-state index contributed by atoms with van der Waals surface area (Å²) < 4.78 is 15.0. The highest BCUT2D eigenvalue weighted by atomic mass is 32.2. The average molecular weight is 462 g/mol. The quantitative estimate of drug-likeness (QED) is 0.386. The van der Waals surface area contributed by atoms with E-state index in [4.69, 9.17) is 4.98 Å². The summed E-state index contributed by atoms with van der Waals surface area (Å²) in [5.41, 5.74) is 1.22. The molecule has 0 saturated heterocycles. The van der Waals surface area contributed by atoms with Gasteiger partial charge in [0, 0.05) is 10.9 Å². The highest BCUT2D eigenvalue weighted by Gasteiger charge is 2.28. The fourth-order valence-corrected chi connectivity index (χ4v) is 5.39. The maximum Gasteiger partial charge on any atom is 0.267 e. The summed E-state index contributed by atoms with van der Waals surface area (Å²) in [6, 6.07) is 5.83. The Bertz CT molecular complexity index is 1150. The van der Waals surface area contributed by atoms with Crippen LogP contribution in [0.3, 0.4) is 0 Å². The molecular weight excluding hydrogens is 433 g/mol. The molecule has 0 fully saturated rings. The molecule has 1 N–H and O–H groups in total. The molecule has 8 heteroatoms. The van der Waals surface area contributed by atoms with Gasteiger partial charge in [-0.3, -0.25) is 14.2 Å². The van der Waals surface area contributed by atoms with Crippen LogP contribution < -0.4 is 10.9 Å². The van der Waals surface area contributed by atoms with E-state index in [0.29, 0.717) is 21.1 Å². The zero-order chi connectivity index (χ0) is 22.9. The van der Waals surface area contributed by atoms with Crippen molar-refractivity contribution in [2.45, 2.75) is 64.4 Å². The van der Waals surface area contributed by atoms with E-state index in [-0.39, 0.29) is 29.2 Å². The van der Waals surface area contributed by atoms with Crippen LogP contribution in [0.1, 0.15) is 44.6 Å². The number of halogens is 1. The van der Waals surface area contributed by atoms with Crippen LogP contribution in [0.25, 0.3) is 15.9 Å². The summed E-state index contributed by atoms with van der Waals surface area (Å²) in [6.07, 6.45) is 0.833. The molecule has 0 radical (unpaired) electrons. The van der Waals surface area contributed by atoms with Gasteiger partial charge in [-0.2, -0.15) is 0 Å². The van der Waals surface area contributed by atoms with Crippen molar-refractivity contribution in [3.8, 4) is 5.69 Å². The minimum absolute atomic E-state index is 0.0233. The van der Waals surface area contributed by atoms with Crippen molar-refractivity contribution in [1.29, 1.82) is 0 Å². The summed E-state index contributed by atoms with van der Waals surface area (Å²) in [7, 11) is 0. The highest BCUT2D eigenvalue weighted by molar-refractivity contribution is 8.00. The van der Waals surface area contributed by atoms with Crippen molar-refractivity contribution < 1.29 is 9.18 Å². The van der Waals surface area contributed by atoms with Gasteiger partial charge >= 0.3 is 0 Å². The molecule has 3 rings (SSSR count). The zero-order valence-electron chi connectivity index (χ0n) is 18.7. The van der Waals surface area contributed by atoms with E-state index in [1.165, 1.54) is 39.8 Å². The Labute approximate surface area is 190 Å². The van der Waals surface area contributed by atoms with Crippen LogP contribution in [-0.4, -0.2) is 26.8 Å². The van der Waals surface area contributed by atoms with Gasteiger partial charge in [-0.05, 0) is 62.9 Å². The van der Waals surface area contributed by atoms with Crippen LogP contribution in [-0.2, 0) is 4.79 Å². The Morgan fingerprint density at radius 1 is 1.23 bits per heavy atom. The fraction of sp³-hybridized carbons (Fsp3) is 0.435. The molecule has 1 aromatic carbocycles. The number of nitrogens with zero attached hydrogens (tertiary/aromatic N) is 2. The second-order valence-corrected chi connectivity index (χ2v) is 10.4. The molecule has 0 aliphatic heterocycles. The molecule has 1 amide bonds. The van der Waals surface area contributed by atoms with Crippen molar-refractivity contribution in [3.05, 3.63) is 50.9 Å². The van der Waals surface area contributed by atoms with Gasteiger partial charge in [0.1, 0.15) is 10.6 Å². The van der Waals surface area contributed by atoms with E-state index in [9.17, 15) is 14.0 Å². The third-order valence-electron chi connectivity index (χ3n) is 5.35. The molecule has 2 aromatic heterocycles. The van der Waals surface area contributed by atoms with E-state index in [1.54, 1.807) is 12.1 Å². The maximum absolute atomic E-state index is 13.5. The molecule has 0 bridgehead atoms. The Morgan fingerprint density at radius 3 is 2.45 bits per heavy atom. The van der Waals surface area contributed by atoms with Gasteiger partial charge in [-0.15, -0.1) is 11.3 Å². The van der Waals surface area contributed by atoms with Crippen molar-refractivity contribution in [1.82, 2.24) is 14.9 Å². The summed E-state index contributed by atoms with van der Waals surface area (Å²) in [5, 5.41) is 3.62. The predicted octanol–water partition coefficient (Wildman–Crippen LogP) is 5.23. The number of thioether (sulfide) groups is 1. The van der Waals surface area contributed by atoms with Crippen molar-refractivity contribution in [3.63, 3.8) is 0 Å². The van der Waals surface area contributed by atoms with Crippen LogP contribution in [0, 0.1) is 25.6 Å². The number of aromatic nitrogens is 2. The summed E-state index contributed by atoms with van der Waals surface area (Å²) in [4.78, 5) is 33.0. The maximum atomic E-state index is 13.5. The molecule has 0 saturated carbocycles. The monoisotopic (exact) mass is 461 g/mol.